The molecule has 2 rings (SSSR count). The van der Waals surface area contributed by atoms with Crippen molar-refractivity contribution in [3.63, 3.8) is 0 Å². The molecule has 0 bridgehead atoms. The minimum Gasteiger partial charge on any atom is -0.480 e. The maximum Gasteiger partial charge on any atom is 0.322 e. The van der Waals surface area contributed by atoms with Crippen LogP contribution in [0.15, 0.2) is 48.5 Å². The van der Waals surface area contributed by atoms with Gasteiger partial charge < -0.3 is 10.2 Å². The molecule has 0 saturated heterocycles. The van der Waals surface area contributed by atoms with E-state index >= 15 is 0 Å². The number of carboxylic acid groups (broad SMARTS) is 2. The van der Waals surface area contributed by atoms with E-state index in [4.69, 9.17) is 10.2 Å². The summed E-state index contributed by atoms with van der Waals surface area (Å²) in [5.74, 6) is -4.25. The molecule has 4 nitrogen and oxygen atoms in total. The van der Waals surface area contributed by atoms with Crippen LogP contribution in [0, 0.1) is 6.92 Å². The second-order valence-electron chi connectivity index (χ2n) is 4.55. The quantitative estimate of drug-likeness (QED) is 0.838. The predicted molar refractivity (Wildman–Crippen MR) is 74.6 cm³/mol. The van der Waals surface area contributed by atoms with Crippen LogP contribution < -0.4 is 0 Å². The number of hydrogen-bond acceptors (Lipinski definition) is 2. The third-order valence-corrected chi connectivity index (χ3v) is 3.19. The number of aliphatic carboxylic acids is 2. The molecule has 4 heteroatoms. The first kappa shape index (κ1) is 13.8. The normalized spacial score (nSPS) is 10.5. The largest absolute Gasteiger partial charge is 0.480 e. The van der Waals surface area contributed by atoms with Gasteiger partial charge in [-0.1, -0.05) is 48.5 Å². The zero-order valence-electron chi connectivity index (χ0n) is 10.9. The van der Waals surface area contributed by atoms with Gasteiger partial charge in [-0.25, -0.2) is 0 Å². The molecule has 0 spiro atoms. The standard InChI is InChI=1S/C16H14O4/c1-10-4-2-3-5-13(10)11-6-8-12(9-7-11)14(15(17)18)16(19)20/h2-9,14H,1H3,(H,17,18)(H,19,20). The van der Waals surface area contributed by atoms with Gasteiger partial charge in [-0.3, -0.25) is 9.59 Å². The van der Waals surface area contributed by atoms with Crippen molar-refractivity contribution < 1.29 is 19.8 Å². The monoisotopic (exact) mass is 270 g/mol. The summed E-state index contributed by atoms with van der Waals surface area (Å²) in [7, 11) is 0. The van der Waals surface area contributed by atoms with E-state index < -0.39 is 17.9 Å². The summed E-state index contributed by atoms with van der Waals surface area (Å²) in [6, 6.07) is 14.4. The SMILES string of the molecule is Cc1ccccc1-c1ccc(C(C(=O)O)C(=O)O)cc1. The molecule has 2 aromatic carbocycles. The van der Waals surface area contributed by atoms with Crippen molar-refractivity contribution in [2.75, 3.05) is 0 Å². The zero-order chi connectivity index (χ0) is 14.7. The molecule has 0 fully saturated rings. The van der Waals surface area contributed by atoms with Gasteiger partial charge in [0.15, 0.2) is 5.92 Å². The fourth-order valence-electron chi connectivity index (χ4n) is 2.14. The highest BCUT2D eigenvalue weighted by Crippen LogP contribution is 2.25. The number of carbonyl (C=O) groups is 2. The summed E-state index contributed by atoms with van der Waals surface area (Å²) in [5.41, 5.74) is 3.35. The van der Waals surface area contributed by atoms with Crippen molar-refractivity contribution in [1.82, 2.24) is 0 Å². The minimum atomic E-state index is -1.53. The van der Waals surface area contributed by atoms with Crippen LogP contribution in [0.2, 0.25) is 0 Å². The van der Waals surface area contributed by atoms with Crippen LogP contribution in [0.25, 0.3) is 11.1 Å². The van der Waals surface area contributed by atoms with E-state index in [1.807, 2.05) is 31.2 Å². The minimum absolute atomic E-state index is 0.266. The van der Waals surface area contributed by atoms with Gasteiger partial charge in [0.2, 0.25) is 0 Å². The maximum atomic E-state index is 11.0. The fourth-order valence-corrected chi connectivity index (χ4v) is 2.14. The molecule has 20 heavy (non-hydrogen) atoms. The van der Waals surface area contributed by atoms with Gasteiger partial charge >= 0.3 is 11.9 Å². The van der Waals surface area contributed by atoms with E-state index in [2.05, 4.69) is 0 Å². The summed E-state index contributed by atoms with van der Waals surface area (Å²) in [6.07, 6.45) is 0. The second kappa shape index (κ2) is 5.57. The van der Waals surface area contributed by atoms with E-state index in [1.165, 1.54) is 0 Å². The Labute approximate surface area is 116 Å². The van der Waals surface area contributed by atoms with Gasteiger partial charge in [0.05, 0.1) is 0 Å². The van der Waals surface area contributed by atoms with Gasteiger partial charge in [-0.05, 0) is 29.2 Å². The molecule has 0 aliphatic rings. The number of benzene rings is 2. The Kier molecular flexibility index (Phi) is 3.84. The Hall–Kier alpha value is -2.62. The molecule has 0 heterocycles. The Morgan fingerprint density at radius 2 is 1.45 bits per heavy atom. The maximum absolute atomic E-state index is 11.0. The van der Waals surface area contributed by atoms with Crippen LogP contribution in [0.3, 0.4) is 0 Å². The van der Waals surface area contributed by atoms with Gasteiger partial charge in [0.25, 0.3) is 0 Å². The van der Waals surface area contributed by atoms with Crippen molar-refractivity contribution in [2.45, 2.75) is 12.8 Å². The first-order valence-corrected chi connectivity index (χ1v) is 6.12. The topological polar surface area (TPSA) is 74.6 Å². The van der Waals surface area contributed by atoms with E-state index in [0.29, 0.717) is 0 Å². The predicted octanol–water partition coefficient (Wildman–Crippen LogP) is 2.91. The summed E-state index contributed by atoms with van der Waals surface area (Å²) in [5, 5.41) is 17.9. The molecule has 0 aliphatic heterocycles. The average Bonchev–Trinajstić information content (AvgIpc) is 2.39. The van der Waals surface area contributed by atoms with E-state index in [-0.39, 0.29) is 5.56 Å². The first-order valence-electron chi connectivity index (χ1n) is 6.12. The molecule has 0 atom stereocenters. The molecule has 0 amide bonds. The second-order valence-corrected chi connectivity index (χ2v) is 4.55. The molecule has 102 valence electrons. The van der Waals surface area contributed by atoms with Crippen LogP contribution in [0.1, 0.15) is 17.0 Å². The van der Waals surface area contributed by atoms with Crippen LogP contribution >= 0.6 is 0 Å². The summed E-state index contributed by atoms with van der Waals surface area (Å²) in [6.45, 7) is 1.99. The van der Waals surface area contributed by atoms with Crippen LogP contribution in [0.5, 0.6) is 0 Å². The van der Waals surface area contributed by atoms with Crippen LogP contribution in [-0.2, 0) is 9.59 Å². The van der Waals surface area contributed by atoms with Gasteiger partial charge in [0, 0.05) is 0 Å². The third kappa shape index (κ3) is 2.69. The van der Waals surface area contributed by atoms with Crippen LogP contribution in [-0.4, -0.2) is 22.2 Å². The average molecular weight is 270 g/mol. The van der Waals surface area contributed by atoms with Gasteiger partial charge in [-0.2, -0.15) is 0 Å². The van der Waals surface area contributed by atoms with Crippen molar-refractivity contribution in [3.05, 3.63) is 59.7 Å². The van der Waals surface area contributed by atoms with E-state index in [0.717, 1.165) is 16.7 Å². The molecule has 2 aromatic rings. The Bertz CT molecular complexity index is 630. The lowest BCUT2D eigenvalue weighted by atomic mass is 9.95. The smallest absolute Gasteiger partial charge is 0.322 e. The molecule has 0 aromatic heterocycles. The lowest BCUT2D eigenvalue weighted by molar-refractivity contribution is -0.150. The number of hydrogen-bond donors (Lipinski definition) is 2. The van der Waals surface area contributed by atoms with Gasteiger partial charge in [-0.15, -0.1) is 0 Å². The zero-order valence-corrected chi connectivity index (χ0v) is 10.9. The number of carboxylic acids is 2. The molecular weight excluding hydrogens is 256 g/mol. The fraction of sp³-hybridized carbons (Fsp3) is 0.125. The first-order chi connectivity index (χ1) is 9.50. The highest BCUT2D eigenvalue weighted by Gasteiger charge is 2.27. The lowest BCUT2D eigenvalue weighted by Gasteiger charge is -2.10. The summed E-state index contributed by atoms with van der Waals surface area (Å²) < 4.78 is 0. The highest BCUT2D eigenvalue weighted by atomic mass is 16.4. The Balaban J connectivity index is 2.38. The summed E-state index contributed by atoms with van der Waals surface area (Å²) in [4.78, 5) is 21.9. The Morgan fingerprint density at radius 1 is 0.900 bits per heavy atom. The third-order valence-electron chi connectivity index (χ3n) is 3.19. The molecule has 0 radical (unpaired) electrons. The molecule has 0 aliphatic carbocycles. The summed E-state index contributed by atoms with van der Waals surface area (Å²) >= 11 is 0. The van der Waals surface area contributed by atoms with E-state index in [1.54, 1.807) is 24.3 Å². The van der Waals surface area contributed by atoms with Crippen molar-refractivity contribution in [3.8, 4) is 11.1 Å². The molecule has 0 unspecified atom stereocenters. The lowest BCUT2D eigenvalue weighted by Crippen LogP contribution is -2.20. The Morgan fingerprint density at radius 3 is 1.95 bits per heavy atom. The molecule has 2 N–H and O–H groups in total. The van der Waals surface area contributed by atoms with Crippen molar-refractivity contribution in [2.24, 2.45) is 0 Å². The number of rotatable bonds is 4. The van der Waals surface area contributed by atoms with E-state index in [9.17, 15) is 9.59 Å². The van der Waals surface area contributed by atoms with Crippen LogP contribution in [0.4, 0.5) is 0 Å². The van der Waals surface area contributed by atoms with Crippen molar-refractivity contribution in [1.29, 1.82) is 0 Å². The molecule has 0 saturated carbocycles. The van der Waals surface area contributed by atoms with Crippen molar-refractivity contribution >= 4 is 11.9 Å². The molecular formula is C16H14O4. The van der Waals surface area contributed by atoms with Gasteiger partial charge in [0.1, 0.15) is 0 Å². The highest BCUT2D eigenvalue weighted by molar-refractivity contribution is 5.99. The number of aryl methyl sites for hydroxylation is 1.